The molecule has 0 atom stereocenters. The molecule has 0 bridgehead atoms. The molecule has 0 spiro atoms. The van der Waals surface area contributed by atoms with E-state index in [9.17, 15) is 9.59 Å². The second-order valence-corrected chi connectivity index (χ2v) is 9.18. The standard InChI is InChI=1S/C23H22N4O2S2/c1-14(2)17-8-5-7-11-20(17)27-21(29)18-9-4-6-10-19(18)26-23(27)31-13-16-12-30-22(25-16)24-15(3)28/h4-12,14H,13H2,1-3H3,(H,24,25,28). The van der Waals surface area contributed by atoms with Crippen molar-refractivity contribution in [2.45, 2.75) is 37.6 Å². The molecular formula is C23H22N4O2S2. The van der Waals surface area contributed by atoms with Gasteiger partial charge in [-0.05, 0) is 29.7 Å². The molecule has 0 saturated carbocycles. The Morgan fingerprint density at radius 3 is 2.65 bits per heavy atom. The van der Waals surface area contributed by atoms with Crippen LogP contribution in [0.15, 0.2) is 63.9 Å². The third-order valence-electron chi connectivity index (χ3n) is 4.73. The maximum absolute atomic E-state index is 13.5. The predicted molar refractivity (Wildman–Crippen MR) is 127 cm³/mol. The lowest BCUT2D eigenvalue weighted by molar-refractivity contribution is -0.114. The van der Waals surface area contributed by atoms with Crippen LogP contribution in [0.2, 0.25) is 0 Å². The van der Waals surface area contributed by atoms with Crippen LogP contribution in [0.4, 0.5) is 5.13 Å². The Morgan fingerprint density at radius 1 is 1.13 bits per heavy atom. The quantitative estimate of drug-likeness (QED) is 0.322. The summed E-state index contributed by atoms with van der Waals surface area (Å²) in [4.78, 5) is 34.0. The molecule has 1 N–H and O–H groups in total. The van der Waals surface area contributed by atoms with Crippen LogP contribution in [-0.2, 0) is 10.5 Å². The van der Waals surface area contributed by atoms with Gasteiger partial charge in [-0.15, -0.1) is 11.3 Å². The number of rotatable bonds is 6. The molecule has 2 aromatic carbocycles. The average Bonchev–Trinajstić information content (AvgIpc) is 3.19. The topological polar surface area (TPSA) is 76.9 Å². The van der Waals surface area contributed by atoms with Crippen LogP contribution >= 0.6 is 23.1 Å². The fraction of sp³-hybridized carbons (Fsp3) is 0.217. The molecule has 1 amide bonds. The molecule has 0 unspecified atom stereocenters. The number of anilines is 1. The minimum Gasteiger partial charge on any atom is -0.302 e. The molecule has 0 aliphatic carbocycles. The molecule has 2 aromatic heterocycles. The zero-order valence-corrected chi connectivity index (χ0v) is 19.1. The van der Waals surface area contributed by atoms with Crippen LogP contribution in [0.25, 0.3) is 16.6 Å². The van der Waals surface area contributed by atoms with E-state index in [2.05, 4.69) is 30.2 Å². The normalized spacial score (nSPS) is 11.2. The van der Waals surface area contributed by atoms with Crippen LogP contribution in [0.5, 0.6) is 0 Å². The van der Waals surface area contributed by atoms with Crippen molar-refractivity contribution in [3.63, 3.8) is 0 Å². The summed E-state index contributed by atoms with van der Waals surface area (Å²) in [6, 6.07) is 15.4. The highest BCUT2D eigenvalue weighted by Gasteiger charge is 2.17. The van der Waals surface area contributed by atoms with Gasteiger partial charge in [0.2, 0.25) is 5.91 Å². The van der Waals surface area contributed by atoms with Crippen molar-refractivity contribution in [2.75, 3.05) is 5.32 Å². The SMILES string of the molecule is CC(=O)Nc1nc(CSc2nc3ccccc3c(=O)n2-c2ccccc2C(C)C)cs1. The number of carbonyl (C=O) groups excluding carboxylic acids is 1. The molecule has 0 aliphatic heterocycles. The number of aromatic nitrogens is 3. The first-order valence-electron chi connectivity index (χ1n) is 9.90. The first-order chi connectivity index (χ1) is 14.9. The van der Waals surface area contributed by atoms with E-state index >= 15 is 0 Å². The molecule has 158 valence electrons. The fourth-order valence-corrected chi connectivity index (χ4v) is 5.08. The van der Waals surface area contributed by atoms with E-state index < -0.39 is 0 Å². The van der Waals surface area contributed by atoms with Crippen LogP contribution in [0.3, 0.4) is 0 Å². The summed E-state index contributed by atoms with van der Waals surface area (Å²) in [5, 5.41) is 6.38. The van der Waals surface area contributed by atoms with Crippen LogP contribution in [0, 0.1) is 0 Å². The van der Waals surface area contributed by atoms with Crippen LogP contribution in [0.1, 0.15) is 37.9 Å². The number of amides is 1. The van der Waals surface area contributed by atoms with Crippen molar-refractivity contribution >= 4 is 45.0 Å². The van der Waals surface area contributed by atoms with E-state index in [0.717, 1.165) is 16.9 Å². The third-order valence-corrected chi connectivity index (χ3v) is 6.51. The molecule has 0 fully saturated rings. The van der Waals surface area contributed by atoms with Crippen molar-refractivity contribution in [1.82, 2.24) is 14.5 Å². The number of nitrogens with zero attached hydrogens (tertiary/aromatic N) is 3. The van der Waals surface area contributed by atoms with Crippen LogP contribution in [-0.4, -0.2) is 20.4 Å². The second kappa shape index (κ2) is 9.03. The molecule has 6 nitrogen and oxygen atoms in total. The maximum atomic E-state index is 13.5. The Balaban J connectivity index is 1.79. The summed E-state index contributed by atoms with van der Waals surface area (Å²) in [7, 11) is 0. The second-order valence-electron chi connectivity index (χ2n) is 7.38. The number of fused-ring (bicyclic) bond motifs is 1. The fourth-order valence-electron chi connectivity index (χ4n) is 3.32. The molecule has 2 heterocycles. The van der Waals surface area contributed by atoms with Gasteiger partial charge in [-0.1, -0.05) is 55.9 Å². The lowest BCUT2D eigenvalue weighted by atomic mass is 10.0. The number of nitrogens with one attached hydrogen (secondary N) is 1. The highest BCUT2D eigenvalue weighted by atomic mass is 32.2. The number of hydrogen-bond donors (Lipinski definition) is 1. The molecule has 8 heteroatoms. The smallest absolute Gasteiger partial charge is 0.266 e. The maximum Gasteiger partial charge on any atom is 0.266 e. The number of thiazole rings is 1. The number of carbonyl (C=O) groups is 1. The van der Waals surface area contributed by atoms with Gasteiger partial charge in [0.05, 0.1) is 22.3 Å². The van der Waals surface area contributed by atoms with Gasteiger partial charge < -0.3 is 5.32 Å². The van der Waals surface area contributed by atoms with E-state index in [1.807, 2.05) is 47.8 Å². The van der Waals surface area contributed by atoms with Crippen molar-refractivity contribution in [2.24, 2.45) is 0 Å². The third kappa shape index (κ3) is 4.55. The Bertz CT molecular complexity index is 1310. The average molecular weight is 451 g/mol. The van der Waals surface area contributed by atoms with Gasteiger partial charge in [0.1, 0.15) is 0 Å². The molecule has 0 aliphatic rings. The summed E-state index contributed by atoms with van der Waals surface area (Å²) in [5.41, 5.74) is 3.35. The molecule has 4 aromatic rings. The zero-order valence-electron chi connectivity index (χ0n) is 17.5. The van der Waals surface area contributed by atoms with Crippen molar-refractivity contribution in [3.8, 4) is 5.69 Å². The van der Waals surface area contributed by atoms with E-state index in [1.165, 1.54) is 30.0 Å². The minimum absolute atomic E-state index is 0.0848. The monoisotopic (exact) mass is 450 g/mol. The van der Waals surface area contributed by atoms with E-state index in [-0.39, 0.29) is 17.4 Å². The lowest BCUT2D eigenvalue weighted by Crippen LogP contribution is -2.23. The Morgan fingerprint density at radius 2 is 1.87 bits per heavy atom. The van der Waals surface area contributed by atoms with Crippen molar-refractivity contribution < 1.29 is 4.79 Å². The summed E-state index contributed by atoms with van der Waals surface area (Å²) >= 11 is 2.84. The highest BCUT2D eigenvalue weighted by molar-refractivity contribution is 7.98. The Hall–Kier alpha value is -2.97. The molecule has 0 saturated heterocycles. The van der Waals surface area contributed by atoms with E-state index in [4.69, 9.17) is 4.98 Å². The van der Waals surface area contributed by atoms with Gasteiger partial charge in [-0.25, -0.2) is 9.97 Å². The van der Waals surface area contributed by atoms with Gasteiger partial charge in [0.25, 0.3) is 5.56 Å². The largest absolute Gasteiger partial charge is 0.302 e. The van der Waals surface area contributed by atoms with E-state index in [1.54, 1.807) is 4.57 Å². The molecule has 4 rings (SSSR count). The number of hydrogen-bond acceptors (Lipinski definition) is 6. The molecule has 0 radical (unpaired) electrons. The Kier molecular flexibility index (Phi) is 6.20. The first kappa shape index (κ1) is 21.3. The molecular weight excluding hydrogens is 428 g/mol. The Labute approximate surface area is 188 Å². The number of para-hydroxylation sites is 2. The summed E-state index contributed by atoms with van der Waals surface area (Å²) in [6.45, 7) is 5.69. The highest BCUT2D eigenvalue weighted by Crippen LogP contribution is 2.29. The zero-order chi connectivity index (χ0) is 22.0. The van der Waals surface area contributed by atoms with Gasteiger partial charge in [-0.2, -0.15) is 0 Å². The van der Waals surface area contributed by atoms with Gasteiger partial charge >= 0.3 is 0 Å². The number of thioether (sulfide) groups is 1. The first-order valence-corrected chi connectivity index (χ1v) is 11.8. The summed E-state index contributed by atoms with van der Waals surface area (Å²) in [6.07, 6.45) is 0. The summed E-state index contributed by atoms with van der Waals surface area (Å²) in [5.74, 6) is 0.639. The lowest BCUT2D eigenvalue weighted by Gasteiger charge is -2.18. The van der Waals surface area contributed by atoms with Gasteiger partial charge in [-0.3, -0.25) is 14.2 Å². The number of benzene rings is 2. The van der Waals surface area contributed by atoms with E-state index in [0.29, 0.717) is 26.9 Å². The van der Waals surface area contributed by atoms with Crippen molar-refractivity contribution in [1.29, 1.82) is 0 Å². The predicted octanol–water partition coefficient (Wildman–Crippen LogP) is 5.22. The van der Waals surface area contributed by atoms with Crippen molar-refractivity contribution in [3.05, 3.63) is 75.5 Å². The molecule has 31 heavy (non-hydrogen) atoms. The van der Waals surface area contributed by atoms with Crippen LogP contribution < -0.4 is 10.9 Å². The summed E-state index contributed by atoms with van der Waals surface area (Å²) < 4.78 is 1.71. The van der Waals surface area contributed by atoms with Gasteiger partial charge in [0, 0.05) is 18.1 Å². The van der Waals surface area contributed by atoms with Gasteiger partial charge in [0.15, 0.2) is 10.3 Å². The minimum atomic E-state index is -0.149.